The number of alkyl halides is 4. The van der Waals surface area contributed by atoms with E-state index < -0.39 is 40.5 Å². The minimum Gasteiger partial charge on any atom is -0.491 e. The van der Waals surface area contributed by atoms with E-state index in [-0.39, 0.29) is 57.8 Å². The van der Waals surface area contributed by atoms with Crippen LogP contribution in [-0.2, 0) is 6.18 Å². The van der Waals surface area contributed by atoms with Gasteiger partial charge < -0.3 is 25.4 Å². The molecule has 9 nitrogen and oxygen atoms in total. The van der Waals surface area contributed by atoms with Crippen LogP contribution in [0, 0.1) is 12.7 Å². The third-order valence-electron chi connectivity index (χ3n) is 9.98. The number of nitrogens with zero attached hydrogens (tertiary/aromatic N) is 5. The molecule has 1 aliphatic carbocycles. The zero-order valence-electron chi connectivity index (χ0n) is 25.5. The molecule has 0 radical (unpaired) electrons. The third kappa shape index (κ3) is 5.07. The lowest BCUT2D eigenvalue weighted by atomic mass is 9.95. The van der Waals surface area contributed by atoms with Crippen LogP contribution in [0.1, 0.15) is 49.7 Å². The standard InChI is InChI=1S/C31H35ClF5N7O2/c1-16-12-18(38)40-24(21(16)31(35,36)37)19-22(32)26-20-25(23(19)34)41-28(46-15-30-4-3-9-43(30)14-17(33)13-30)42-27(20)44(10-8-39-2)29(5-6-29)7-11-45-26/h12,17,39H,3-11,13-15H2,1-2H3,(H2,38,40)/t17-,30+/m1/s1. The first-order valence-electron chi connectivity index (χ1n) is 15.5. The summed E-state index contributed by atoms with van der Waals surface area (Å²) in [7, 11) is 1.82. The number of aryl methyl sites for hydroxylation is 1. The normalized spacial score (nSPS) is 23.8. The number of fused-ring (bicyclic) bond motifs is 1. The summed E-state index contributed by atoms with van der Waals surface area (Å²) in [6.45, 7) is 3.64. The predicted octanol–water partition coefficient (Wildman–Crippen LogP) is 5.69. The predicted molar refractivity (Wildman–Crippen MR) is 164 cm³/mol. The number of ether oxygens (including phenoxy) is 2. The minimum atomic E-state index is -4.90. The quantitative estimate of drug-likeness (QED) is 0.308. The number of likely N-dealkylation sites (N-methyl/N-ethyl adjacent to an activating group) is 1. The number of hydrogen-bond donors (Lipinski definition) is 2. The Morgan fingerprint density at radius 2 is 1.98 bits per heavy atom. The first-order chi connectivity index (χ1) is 21.9. The van der Waals surface area contributed by atoms with Gasteiger partial charge in [0, 0.05) is 38.0 Å². The molecule has 2 saturated heterocycles. The molecule has 1 spiro atoms. The lowest BCUT2D eigenvalue weighted by Crippen LogP contribution is -2.44. The van der Waals surface area contributed by atoms with E-state index in [1.807, 2.05) is 7.05 Å². The van der Waals surface area contributed by atoms with Crippen LogP contribution < -0.4 is 25.4 Å². The zero-order chi connectivity index (χ0) is 32.6. The van der Waals surface area contributed by atoms with Crippen LogP contribution in [0.15, 0.2) is 6.07 Å². The fourth-order valence-corrected chi connectivity index (χ4v) is 7.98. The van der Waals surface area contributed by atoms with Gasteiger partial charge in [-0.05, 0) is 57.8 Å². The molecule has 5 heterocycles. The maximum atomic E-state index is 17.0. The van der Waals surface area contributed by atoms with Crippen LogP contribution >= 0.6 is 11.6 Å². The monoisotopic (exact) mass is 667 g/mol. The lowest BCUT2D eigenvalue weighted by Gasteiger charge is -2.36. The molecule has 0 unspecified atom stereocenters. The van der Waals surface area contributed by atoms with Gasteiger partial charge in [0.1, 0.15) is 29.9 Å². The van der Waals surface area contributed by atoms with E-state index in [9.17, 15) is 17.6 Å². The zero-order valence-corrected chi connectivity index (χ0v) is 26.3. The first-order valence-corrected chi connectivity index (χ1v) is 15.9. The summed E-state index contributed by atoms with van der Waals surface area (Å²) < 4.78 is 87.1. The number of anilines is 2. The Kier molecular flexibility index (Phi) is 7.63. The molecule has 2 atom stereocenters. The Morgan fingerprint density at radius 1 is 1.20 bits per heavy atom. The van der Waals surface area contributed by atoms with E-state index in [1.54, 1.807) is 0 Å². The van der Waals surface area contributed by atoms with Gasteiger partial charge in [0.2, 0.25) is 0 Å². The Balaban J connectivity index is 1.46. The van der Waals surface area contributed by atoms with Crippen LogP contribution in [0.4, 0.5) is 33.6 Å². The second-order valence-corrected chi connectivity index (χ2v) is 13.3. The van der Waals surface area contributed by atoms with Gasteiger partial charge in [-0.2, -0.15) is 23.1 Å². The molecule has 1 saturated carbocycles. The molecule has 7 rings (SSSR count). The fraction of sp³-hybridized carbons (Fsp3) is 0.581. The number of aromatic nitrogens is 3. The van der Waals surface area contributed by atoms with Gasteiger partial charge >= 0.3 is 12.2 Å². The Hall–Kier alpha value is -3.23. The van der Waals surface area contributed by atoms with Crippen molar-refractivity contribution in [1.82, 2.24) is 25.2 Å². The number of benzene rings is 1. The van der Waals surface area contributed by atoms with Crippen molar-refractivity contribution >= 4 is 34.1 Å². The number of nitrogens with one attached hydrogen (secondary N) is 1. The largest absolute Gasteiger partial charge is 0.491 e. The van der Waals surface area contributed by atoms with Crippen LogP contribution in [0.3, 0.4) is 0 Å². The van der Waals surface area contributed by atoms with Gasteiger partial charge in [-0.15, -0.1) is 0 Å². The van der Waals surface area contributed by atoms with Crippen molar-refractivity contribution in [3.8, 4) is 23.0 Å². The molecule has 3 fully saturated rings. The lowest BCUT2D eigenvalue weighted by molar-refractivity contribution is -0.137. The van der Waals surface area contributed by atoms with Gasteiger partial charge in [0.25, 0.3) is 0 Å². The van der Waals surface area contributed by atoms with Crippen LogP contribution in [0.5, 0.6) is 11.8 Å². The van der Waals surface area contributed by atoms with Crippen LogP contribution in [0.2, 0.25) is 5.02 Å². The summed E-state index contributed by atoms with van der Waals surface area (Å²) in [4.78, 5) is 17.3. The smallest absolute Gasteiger partial charge is 0.418 e. The second kappa shape index (κ2) is 11.2. The Morgan fingerprint density at radius 3 is 2.70 bits per heavy atom. The average Bonchev–Trinajstić information content (AvgIpc) is 3.55. The molecule has 15 heteroatoms. The minimum absolute atomic E-state index is 0.0359. The number of rotatable bonds is 7. The number of halogens is 6. The summed E-state index contributed by atoms with van der Waals surface area (Å²) in [6.07, 6.45) is -1.67. The third-order valence-corrected chi connectivity index (χ3v) is 10.3. The van der Waals surface area contributed by atoms with E-state index in [4.69, 9.17) is 31.8 Å². The van der Waals surface area contributed by atoms with Crippen LogP contribution in [0.25, 0.3) is 22.2 Å². The molecule has 1 aromatic carbocycles. The molecule has 46 heavy (non-hydrogen) atoms. The van der Waals surface area contributed by atoms with E-state index >= 15 is 4.39 Å². The molecule has 3 aromatic rings. The molecule has 2 aromatic heterocycles. The summed E-state index contributed by atoms with van der Waals surface area (Å²) in [5.74, 6) is -1.08. The van der Waals surface area contributed by atoms with Crippen molar-refractivity contribution in [2.45, 2.75) is 68.9 Å². The van der Waals surface area contributed by atoms with Crippen molar-refractivity contribution < 1.29 is 31.4 Å². The number of pyridine rings is 1. The number of hydrogen-bond acceptors (Lipinski definition) is 9. The highest BCUT2D eigenvalue weighted by Gasteiger charge is 2.51. The number of nitrogen functional groups attached to an aromatic ring is 1. The molecular formula is C31H35ClF5N7O2. The van der Waals surface area contributed by atoms with Gasteiger partial charge in [-0.3, -0.25) is 4.90 Å². The summed E-state index contributed by atoms with van der Waals surface area (Å²) in [5, 5.41) is 2.90. The maximum absolute atomic E-state index is 17.0. The van der Waals surface area contributed by atoms with Crippen molar-refractivity contribution in [1.29, 1.82) is 0 Å². The highest BCUT2D eigenvalue weighted by molar-refractivity contribution is 6.36. The molecule has 248 valence electrons. The summed E-state index contributed by atoms with van der Waals surface area (Å²) in [6, 6.07) is 0.912. The first kappa shape index (κ1) is 31.4. The van der Waals surface area contributed by atoms with Crippen LogP contribution in [-0.4, -0.2) is 83.5 Å². The van der Waals surface area contributed by atoms with Crippen molar-refractivity contribution in [2.24, 2.45) is 0 Å². The summed E-state index contributed by atoms with van der Waals surface area (Å²) >= 11 is 6.81. The molecular weight excluding hydrogens is 633 g/mol. The van der Waals surface area contributed by atoms with Gasteiger partial charge in [0.05, 0.1) is 39.4 Å². The topological polar surface area (TPSA) is 102 Å². The van der Waals surface area contributed by atoms with E-state index in [2.05, 4.69) is 25.1 Å². The van der Waals surface area contributed by atoms with Gasteiger partial charge in [0.15, 0.2) is 11.6 Å². The maximum Gasteiger partial charge on any atom is 0.418 e. The highest BCUT2D eigenvalue weighted by Crippen LogP contribution is 2.54. The number of nitrogens with two attached hydrogens (primary N) is 1. The highest BCUT2D eigenvalue weighted by atomic mass is 35.5. The molecule has 0 bridgehead atoms. The van der Waals surface area contributed by atoms with Crippen molar-refractivity contribution in [2.75, 3.05) is 57.1 Å². The Bertz CT molecular complexity index is 1700. The Labute approximate surface area is 267 Å². The average molecular weight is 668 g/mol. The van der Waals surface area contributed by atoms with E-state index in [1.165, 1.54) is 6.92 Å². The second-order valence-electron chi connectivity index (χ2n) is 12.9. The molecule has 0 amide bonds. The fourth-order valence-electron chi connectivity index (χ4n) is 7.66. The molecule has 3 N–H and O–H groups in total. The SMILES string of the molecule is CNCCN1c2nc(OC[C@@]34CCCN3C[C@H](F)C4)nc3c(F)c(-c4nc(N)cc(C)c4C(F)(F)F)c(Cl)c(c23)OCCC12CC2. The van der Waals surface area contributed by atoms with Crippen molar-refractivity contribution in [3.05, 3.63) is 28.0 Å². The summed E-state index contributed by atoms with van der Waals surface area (Å²) in [5.41, 5.74) is 1.95. The van der Waals surface area contributed by atoms with E-state index in [0.29, 0.717) is 38.3 Å². The van der Waals surface area contributed by atoms with Gasteiger partial charge in [-0.25, -0.2) is 13.8 Å². The van der Waals surface area contributed by atoms with Gasteiger partial charge in [-0.1, -0.05) is 11.6 Å². The van der Waals surface area contributed by atoms with E-state index in [0.717, 1.165) is 38.3 Å². The van der Waals surface area contributed by atoms with Crippen molar-refractivity contribution in [3.63, 3.8) is 0 Å². The molecule has 4 aliphatic rings. The molecule has 3 aliphatic heterocycles.